The van der Waals surface area contributed by atoms with Crippen molar-refractivity contribution in [1.29, 1.82) is 0 Å². The molecular formula is C11H21N3. The zero-order valence-corrected chi connectivity index (χ0v) is 8.84. The van der Waals surface area contributed by atoms with Crippen LogP contribution in [0.4, 0.5) is 0 Å². The molecule has 3 nitrogen and oxygen atoms in total. The second-order valence-corrected chi connectivity index (χ2v) is 5.06. The van der Waals surface area contributed by atoms with Gasteiger partial charge in [-0.25, -0.2) is 0 Å². The highest BCUT2D eigenvalue weighted by Gasteiger charge is 2.32. The van der Waals surface area contributed by atoms with Crippen molar-refractivity contribution in [2.75, 3.05) is 26.2 Å². The molecule has 2 aliphatic heterocycles. The van der Waals surface area contributed by atoms with Crippen molar-refractivity contribution in [2.24, 2.45) is 0 Å². The molecule has 2 N–H and O–H groups in total. The van der Waals surface area contributed by atoms with Gasteiger partial charge in [0.05, 0.1) is 0 Å². The molecule has 0 atom stereocenters. The van der Waals surface area contributed by atoms with Gasteiger partial charge in [0.15, 0.2) is 0 Å². The minimum atomic E-state index is 0.771. The molecule has 1 aliphatic carbocycles. The predicted molar refractivity (Wildman–Crippen MR) is 57.4 cm³/mol. The quantitative estimate of drug-likeness (QED) is 0.672. The zero-order chi connectivity index (χ0) is 9.38. The van der Waals surface area contributed by atoms with Gasteiger partial charge in [0.2, 0.25) is 0 Å². The summed E-state index contributed by atoms with van der Waals surface area (Å²) in [5.41, 5.74) is 0. The molecular weight excluding hydrogens is 174 g/mol. The highest BCUT2D eigenvalue weighted by atomic mass is 15.2. The molecule has 2 saturated heterocycles. The molecule has 0 aromatic carbocycles. The van der Waals surface area contributed by atoms with Gasteiger partial charge >= 0.3 is 0 Å². The summed E-state index contributed by atoms with van der Waals surface area (Å²) in [5.74, 6) is 0. The van der Waals surface area contributed by atoms with Gasteiger partial charge in [0, 0.05) is 31.2 Å². The summed E-state index contributed by atoms with van der Waals surface area (Å²) >= 11 is 0. The molecule has 2 heterocycles. The number of hydrogen-bond acceptors (Lipinski definition) is 3. The van der Waals surface area contributed by atoms with Crippen LogP contribution in [0, 0.1) is 0 Å². The van der Waals surface area contributed by atoms with E-state index < -0.39 is 0 Å². The Morgan fingerprint density at radius 1 is 0.929 bits per heavy atom. The molecule has 0 aromatic heterocycles. The number of nitrogens with one attached hydrogen (secondary N) is 2. The van der Waals surface area contributed by atoms with E-state index >= 15 is 0 Å². The fraction of sp³-hybridized carbons (Fsp3) is 1.00. The smallest absolute Gasteiger partial charge is 0.0319 e. The van der Waals surface area contributed by atoms with Gasteiger partial charge in [-0.1, -0.05) is 0 Å². The van der Waals surface area contributed by atoms with Crippen molar-refractivity contribution in [3.63, 3.8) is 0 Å². The standard InChI is InChI=1S/C11H21N3/c1-2-11(1)14-5-3-9(4-6-14)13-10-7-12-8-10/h9-13H,1-8H2. The van der Waals surface area contributed by atoms with Gasteiger partial charge < -0.3 is 15.5 Å². The largest absolute Gasteiger partial charge is 0.314 e. The van der Waals surface area contributed by atoms with E-state index in [2.05, 4.69) is 15.5 Å². The van der Waals surface area contributed by atoms with Crippen molar-refractivity contribution in [2.45, 2.75) is 43.8 Å². The molecule has 1 saturated carbocycles. The molecule has 0 amide bonds. The molecule has 0 spiro atoms. The lowest BCUT2D eigenvalue weighted by molar-refractivity contribution is 0.175. The number of likely N-dealkylation sites (tertiary alicyclic amines) is 1. The number of piperidine rings is 1. The van der Waals surface area contributed by atoms with E-state index in [1.165, 1.54) is 51.9 Å². The summed E-state index contributed by atoms with van der Waals surface area (Å²) in [6, 6.07) is 2.55. The first-order chi connectivity index (χ1) is 6.92. The maximum Gasteiger partial charge on any atom is 0.0319 e. The van der Waals surface area contributed by atoms with Crippen molar-refractivity contribution in [1.82, 2.24) is 15.5 Å². The first-order valence-corrected chi connectivity index (χ1v) is 6.12. The van der Waals surface area contributed by atoms with Crippen LogP contribution in [0.15, 0.2) is 0 Å². The topological polar surface area (TPSA) is 27.3 Å². The average Bonchev–Trinajstić information content (AvgIpc) is 2.96. The molecule has 3 fully saturated rings. The molecule has 0 radical (unpaired) electrons. The lowest BCUT2D eigenvalue weighted by atomic mass is 10.0. The zero-order valence-electron chi connectivity index (χ0n) is 8.84. The minimum Gasteiger partial charge on any atom is -0.314 e. The Morgan fingerprint density at radius 3 is 2.14 bits per heavy atom. The summed E-state index contributed by atoms with van der Waals surface area (Å²) in [5, 5.41) is 7.06. The minimum absolute atomic E-state index is 0.771. The normalized spacial score (nSPS) is 31.7. The van der Waals surface area contributed by atoms with Gasteiger partial charge in [-0.2, -0.15) is 0 Å². The molecule has 0 unspecified atom stereocenters. The molecule has 0 aromatic rings. The summed E-state index contributed by atoms with van der Waals surface area (Å²) in [6.45, 7) is 5.04. The Hall–Kier alpha value is -0.120. The van der Waals surface area contributed by atoms with Crippen molar-refractivity contribution >= 4 is 0 Å². The fourth-order valence-corrected chi connectivity index (χ4v) is 2.61. The van der Waals surface area contributed by atoms with Gasteiger partial charge in [0.1, 0.15) is 0 Å². The maximum absolute atomic E-state index is 3.75. The van der Waals surface area contributed by atoms with Crippen LogP contribution in [0.25, 0.3) is 0 Å². The highest BCUT2D eigenvalue weighted by Crippen LogP contribution is 2.29. The van der Waals surface area contributed by atoms with Crippen LogP contribution in [0.2, 0.25) is 0 Å². The number of rotatable bonds is 3. The molecule has 14 heavy (non-hydrogen) atoms. The predicted octanol–water partition coefficient (Wildman–Crippen LogP) is 0.175. The Balaban J connectivity index is 1.40. The Bertz CT molecular complexity index is 191. The van der Waals surface area contributed by atoms with Crippen LogP contribution in [-0.2, 0) is 0 Å². The lowest BCUT2D eigenvalue weighted by Gasteiger charge is -2.37. The Kier molecular flexibility index (Phi) is 2.48. The van der Waals surface area contributed by atoms with E-state index in [0.717, 1.165) is 18.1 Å². The van der Waals surface area contributed by atoms with E-state index in [1.54, 1.807) is 0 Å². The van der Waals surface area contributed by atoms with E-state index in [-0.39, 0.29) is 0 Å². The second-order valence-electron chi connectivity index (χ2n) is 5.06. The molecule has 3 rings (SSSR count). The Morgan fingerprint density at radius 2 is 1.64 bits per heavy atom. The molecule has 3 heteroatoms. The Labute approximate surface area is 86.2 Å². The van der Waals surface area contributed by atoms with Crippen molar-refractivity contribution in [3.05, 3.63) is 0 Å². The van der Waals surface area contributed by atoms with Gasteiger partial charge in [-0.15, -0.1) is 0 Å². The third-order valence-corrected chi connectivity index (χ3v) is 3.85. The fourth-order valence-electron chi connectivity index (χ4n) is 2.61. The summed E-state index contributed by atoms with van der Waals surface area (Å²) in [7, 11) is 0. The SMILES string of the molecule is C1CN(C2CC2)CCC1NC1CNC1. The van der Waals surface area contributed by atoms with E-state index in [1.807, 2.05) is 0 Å². The molecule has 3 aliphatic rings. The van der Waals surface area contributed by atoms with Gasteiger partial charge in [0.25, 0.3) is 0 Å². The van der Waals surface area contributed by atoms with Crippen LogP contribution in [0.5, 0.6) is 0 Å². The average molecular weight is 195 g/mol. The van der Waals surface area contributed by atoms with Crippen molar-refractivity contribution in [3.8, 4) is 0 Å². The third-order valence-electron chi connectivity index (χ3n) is 3.85. The summed E-state index contributed by atoms with van der Waals surface area (Å²) < 4.78 is 0. The van der Waals surface area contributed by atoms with Crippen LogP contribution in [0.3, 0.4) is 0 Å². The van der Waals surface area contributed by atoms with Gasteiger partial charge in [-0.3, -0.25) is 0 Å². The van der Waals surface area contributed by atoms with Crippen LogP contribution in [-0.4, -0.2) is 49.2 Å². The maximum atomic E-state index is 3.75. The molecule has 0 bridgehead atoms. The number of hydrogen-bond donors (Lipinski definition) is 2. The first kappa shape index (κ1) is 9.13. The monoisotopic (exact) mass is 195 g/mol. The van der Waals surface area contributed by atoms with Crippen LogP contribution in [0.1, 0.15) is 25.7 Å². The summed E-state index contributed by atoms with van der Waals surface area (Å²) in [4.78, 5) is 2.69. The van der Waals surface area contributed by atoms with Crippen LogP contribution >= 0.6 is 0 Å². The molecule has 80 valence electrons. The third kappa shape index (κ3) is 1.95. The first-order valence-electron chi connectivity index (χ1n) is 6.12. The number of nitrogens with zero attached hydrogens (tertiary/aromatic N) is 1. The van der Waals surface area contributed by atoms with E-state index in [9.17, 15) is 0 Å². The second kappa shape index (κ2) is 3.80. The van der Waals surface area contributed by atoms with Crippen LogP contribution < -0.4 is 10.6 Å². The van der Waals surface area contributed by atoms with Gasteiger partial charge in [-0.05, 0) is 38.8 Å². The lowest BCUT2D eigenvalue weighted by Crippen LogP contribution is -2.59. The highest BCUT2D eigenvalue weighted by molar-refractivity contribution is 4.91. The van der Waals surface area contributed by atoms with E-state index in [0.29, 0.717) is 0 Å². The van der Waals surface area contributed by atoms with E-state index in [4.69, 9.17) is 0 Å². The summed E-state index contributed by atoms with van der Waals surface area (Å²) in [6.07, 6.45) is 5.66. The van der Waals surface area contributed by atoms with Crippen molar-refractivity contribution < 1.29 is 0 Å².